The molecule has 0 fully saturated rings. The number of carbonyl (C=O) groups is 2. The van der Waals surface area contributed by atoms with Crippen molar-refractivity contribution in [2.75, 3.05) is 5.32 Å². The summed E-state index contributed by atoms with van der Waals surface area (Å²) >= 11 is 1.30. The van der Waals surface area contributed by atoms with Gasteiger partial charge in [0.05, 0.1) is 11.9 Å². The zero-order valence-corrected chi connectivity index (χ0v) is 14.4. The molecule has 10 heteroatoms. The summed E-state index contributed by atoms with van der Waals surface area (Å²) in [6, 6.07) is 1.34. The van der Waals surface area contributed by atoms with Crippen LogP contribution < -0.4 is 5.32 Å². The highest BCUT2D eigenvalue weighted by Gasteiger charge is 2.15. The number of nitrogens with zero attached hydrogens (tertiary/aromatic N) is 5. The Morgan fingerprint density at radius 2 is 2.12 bits per heavy atom. The first kappa shape index (κ1) is 16.8. The van der Waals surface area contributed by atoms with E-state index in [0.717, 1.165) is 28.2 Å². The van der Waals surface area contributed by atoms with Crippen LogP contribution in [0.3, 0.4) is 0 Å². The number of rotatable bonds is 6. The summed E-state index contributed by atoms with van der Waals surface area (Å²) in [7, 11) is 0. The van der Waals surface area contributed by atoms with E-state index < -0.39 is 11.9 Å². The van der Waals surface area contributed by atoms with Crippen LogP contribution in [0.25, 0.3) is 11.3 Å². The SMILES string of the molecule is CCn1ncc(-c2csc(NC(=O)Cn3nccc3C(=O)O)n2)c1C. The van der Waals surface area contributed by atoms with Crippen LogP contribution in [0.4, 0.5) is 5.13 Å². The van der Waals surface area contributed by atoms with Crippen LogP contribution in [0.2, 0.25) is 0 Å². The zero-order valence-electron chi connectivity index (χ0n) is 13.6. The minimum absolute atomic E-state index is 0.0439. The Morgan fingerprint density at radius 3 is 2.80 bits per heavy atom. The fourth-order valence-electron chi connectivity index (χ4n) is 2.41. The Labute approximate surface area is 146 Å². The van der Waals surface area contributed by atoms with E-state index >= 15 is 0 Å². The number of thiazole rings is 1. The van der Waals surface area contributed by atoms with Crippen LogP contribution in [0, 0.1) is 6.92 Å². The van der Waals surface area contributed by atoms with Crippen molar-refractivity contribution in [1.82, 2.24) is 24.5 Å². The van der Waals surface area contributed by atoms with Crippen molar-refractivity contribution in [2.45, 2.75) is 26.9 Å². The molecule has 25 heavy (non-hydrogen) atoms. The van der Waals surface area contributed by atoms with Crippen LogP contribution in [0.1, 0.15) is 23.1 Å². The Bertz CT molecular complexity index is 925. The number of aromatic nitrogens is 5. The lowest BCUT2D eigenvalue weighted by Gasteiger charge is -2.04. The summed E-state index contributed by atoms with van der Waals surface area (Å²) < 4.78 is 3.00. The quantitative estimate of drug-likeness (QED) is 0.693. The molecular formula is C15H16N6O3S. The smallest absolute Gasteiger partial charge is 0.354 e. The summed E-state index contributed by atoms with van der Waals surface area (Å²) in [6.07, 6.45) is 3.09. The average Bonchev–Trinajstić information content (AvgIpc) is 3.27. The third kappa shape index (κ3) is 3.43. The van der Waals surface area contributed by atoms with Crippen molar-refractivity contribution >= 4 is 28.3 Å². The lowest BCUT2D eigenvalue weighted by Crippen LogP contribution is -2.22. The number of carboxylic acids is 1. The van der Waals surface area contributed by atoms with Crippen molar-refractivity contribution in [2.24, 2.45) is 0 Å². The largest absolute Gasteiger partial charge is 0.477 e. The first-order valence-corrected chi connectivity index (χ1v) is 8.40. The molecule has 3 aromatic heterocycles. The molecule has 0 bridgehead atoms. The van der Waals surface area contributed by atoms with Gasteiger partial charge < -0.3 is 10.4 Å². The van der Waals surface area contributed by atoms with Crippen LogP contribution >= 0.6 is 11.3 Å². The molecule has 3 heterocycles. The zero-order chi connectivity index (χ0) is 18.0. The maximum atomic E-state index is 12.1. The summed E-state index contributed by atoms with van der Waals surface area (Å²) in [5.41, 5.74) is 2.62. The fraction of sp³-hybridized carbons (Fsp3) is 0.267. The molecule has 0 aromatic carbocycles. The summed E-state index contributed by atoms with van der Waals surface area (Å²) in [6.45, 7) is 4.55. The van der Waals surface area contributed by atoms with Crippen molar-refractivity contribution in [3.63, 3.8) is 0 Å². The van der Waals surface area contributed by atoms with Gasteiger partial charge in [-0.1, -0.05) is 0 Å². The first-order valence-electron chi connectivity index (χ1n) is 7.52. The van der Waals surface area contributed by atoms with Gasteiger partial charge in [-0.3, -0.25) is 9.48 Å². The number of aromatic carboxylic acids is 1. The lowest BCUT2D eigenvalue weighted by atomic mass is 10.2. The van der Waals surface area contributed by atoms with Gasteiger partial charge in [0, 0.05) is 29.4 Å². The number of nitrogens with one attached hydrogen (secondary N) is 1. The second-order valence-electron chi connectivity index (χ2n) is 5.22. The third-order valence-electron chi connectivity index (χ3n) is 3.66. The molecule has 0 atom stereocenters. The summed E-state index contributed by atoms with van der Waals surface area (Å²) in [5.74, 6) is -1.53. The molecular weight excluding hydrogens is 344 g/mol. The van der Waals surface area contributed by atoms with Crippen molar-refractivity contribution in [1.29, 1.82) is 0 Å². The third-order valence-corrected chi connectivity index (χ3v) is 4.42. The molecule has 130 valence electrons. The number of carbonyl (C=O) groups excluding carboxylic acids is 1. The van der Waals surface area contributed by atoms with Gasteiger partial charge in [0.1, 0.15) is 12.2 Å². The second kappa shape index (κ2) is 6.85. The number of aryl methyl sites for hydroxylation is 1. The van der Waals surface area contributed by atoms with Gasteiger partial charge >= 0.3 is 5.97 Å². The van der Waals surface area contributed by atoms with E-state index in [-0.39, 0.29) is 12.2 Å². The minimum Gasteiger partial charge on any atom is -0.477 e. The van der Waals surface area contributed by atoms with Gasteiger partial charge in [0.15, 0.2) is 5.13 Å². The van der Waals surface area contributed by atoms with E-state index in [1.54, 1.807) is 6.20 Å². The Kier molecular flexibility index (Phi) is 4.61. The number of amides is 1. The van der Waals surface area contributed by atoms with Gasteiger partial charge in [-0.25, -0.2) is 14.5 Å². The Balaban J connectivity index is 1.70. The first-order chi connectivity index (χ1) is 12.0. The van der Waals surface area contributed by atoms with E-state index in [9.17, 15) is 9.59 Å². The minimum atomic E-state index is -1.13. The highest BCUT2D eigenvalue weighted by atomic mass is 32.1. The molecule has 0 saturated heterocycles. The topological polar surface area (TPSA) is 115 Å². The van der Waals surface area contributed by atoms with E-state index in [4.69, 9.17) is 5.11 Å². The van der Waals surface area contributed by atoms with Gasteiger partial charge in [-0.2, -0.15) is 10.2 Å². The highest BCUT2D eigenvalue weighted by Crippen LogP contribution is 2.27. The van der Waals surface area contributed by atoms with Crippen LogP contribution in [-0.2, 0) is 17.9 Å². The second-order valence-corrected chi connectivity index (χ2v) is 6.08. The number of hydrogen-bond acceptors (Lipinski definition) is 6. The normalized spacial score (nSPS) is 10.8. The maximum absolute atomic E-state index is 12.1. The summed E-state index contributed by atoms with van der Waals surface area (Å²) in [4.78, 5) is 27.5. The van der Waals surface area contributed by atoms with Crippen molar-refractivity contribution in [3.05, 3.63) is 35.2 Å². The molecule has 0 radical (unpaired) electrons. The molecule has 0 aliphatic carbocycles. The molecule has 0 spiro atoms. The van der Waals surface area contributed by atoms with Gasteiger partial charge in [0.2, 0.25) is 5.91 Å². The van der Waals surface area contributed by atoms with Crippen LogP contribution in [-0.4, -0.2) is 41.5 Å². The molecule has 3 aromatic rings. The van der Waals surface area contributed by atoms with E-state index in [1.807, 2.05) is 23.9 Å². The highest BCUT2D eigenvalue weighted by molar-refractivity contribution is 7.14. The number of anilines is 1. The fourth-order valence-corrected chi connectivity index (χ4v) is 3.13. The van der Waals surface area contributed by atoms with Crippen molar-refractivity contribution < 1.29 is 14.7 Å². The standard InChI is InChI=1S/C15H16N6O3S/c1-3-20-9(2)10(6-17-20)11-8-25-15(18-11)19-13(22)7-21-12(14(23)24)4-5-16-21/h4-6,8H,3,7H2,1-2H3,(H,23,24)(H,18,19,22). The Morgan fingerprint density at radius 1 is 1.32 bits per heavy atom. The predicted molar refractivity (Wildman–Crippen MR) is 91.6 cm³/mol. The van der Waals surface area contributed by atoms with Gasteiger partial charge in [-0.15, -0.1) is 11.3 Å². The number of carboxylic acid groups (broad SMARTS) is 1. The molecule has 3 rings (SSSR count). The molecule has 0 aliphatic rings. The Hall–Kier alpha value is -3.01. The predicted octanol–water partition coefficient (Wildman–Crippen LogP) is 1.87. The molecule has 0 aliphatic heterocycles. The van der Waals surface area contributed by atoms with E-state index in [2.05, 4.69) is 20.5 Å². The van der Waals surface area contributed by atoms with Crippen LogP contribution in [0.15, 0.2) is 23.8 Å². The molecule has 0 saturated carbocycles. The monoisotopic (exact) mass is 360 g/mol. The van der Waals surface area contributed by atoms with Gasteiger partial charge in [0.25, 0.3) is 0 Å². The molecule has 1 amide bonds. The van der Waals surface area contributed by atoms with Gasteiger partial charge in [-0.05, 0) is 19.9 Å². The maximum Gasteiger partial charge on any atom is 0.354 e. The average molecular weight is 360 g/mol. The number of hydrogen-bond donors (Lipinski definition) is 2. The molecule has 9 nitrogen and oxygen atoms in total. The molecule has 0 unspecified atom stereocenters. The molecule has 2 N–H and O–H groups in total. The van der Waals surface area contributed by atoms with Crippen LogP contribution in [0.5, 0.6) is 0 Å². The van der Waals surface area contributed by atoms with Crippen molar-refractivity contribution in [3.8, 4) is 11.3 Å². The lowest BCUT2D eigenvalue weighted by molar-refractivity contribution is -0.116. The van der Waals surface area contributed by atoms with E-state index in [1.165, 1.54) is 23.6 Å². The summed E-state index contributed by atoms with van der Waals surface area (Å²) in [5, 5.41) is 22.1. The van der Waals surface area contributed by atoms with E-state index in [0.29, 0.717) is 5.13 Å².